The summed E-state index contributed by atoms with van der Waals surface area (Å²) in [6.45, 7) is 0.125. The SMILES string of the molecule is O=C(COC(=O)c1ccc2c(=O)n3c(nc2c1)CCC3)Nc1ncc(Cl)cc1Cl. The zero-order chi connectivity index (χ0) is 20.5. The Morgan fingerprint density at radius 2 is 2.07 bits per heavy atom. The van der Waals surface area contributed by atoms with Crippen molar-refractivity contribution in [1.82, 2.24) is 14.5 Å². The van der Waals surface area contributed by atoms with Crippen LogP contribution in [0.1, 0.15) is 22.6 Å². The van der Waals surface area contributed by atoms with Crippen LogP contribution in [0.4, 0.5) is 5.82 Å². The van der Waals surface area contributed by atoms with Crippen LogP contribution in [0.3, 0.4) is 0 Å². The first-order chi connectivity index (χ1) is 13.9. The molecule has 0 aliphatic carbocycles. The van der Waals surface area contributed by atoms with E-state index in [0.29, 0.717) is 28.3 Å². The highest BCUT2D eigenvalue weighted by atomic mass is 35.5. The Bertz CT molecular complexity index is 1210. The van der Waals surface area contributed by atoms with Crippen LogP contribution in [0, 0.1) is 0 Å². The van der Waals surface area contributed by atoms with Crippen molar-refractivity contribution in [2.75, 3.05) is 11.9 Å². The number of nitrogens with zero attached hydrogens (tertiary/aromatic N) is 3. The van der Waals surface area contributed by atoms with Gasteiger partial charge in [0, 0.05) is 19.2 Å². The van der Waals surface area contributed by atoms with Crippen molar-refractivity contribution in [2.24, 2.45) is 0 Å². The van der Waals surface area contributed by atoms with E-state index in [1.165, 1.54) is 24.4 Å². The molecule has 29 heavy (non-hydrogen) atoms. The molecule has 0 saturated heterocycles. The number of amides is 1. The standard InChI is InChI=1S/C19H14Cl2N4O4/c20-11-7-13(21)17(22-8-11)24-16(26)9-29-19(28)10-3-4-12-14(6-10)23-15-2-1-5-25(15)18(12)27/h3-4,6-8H,1-2,5,9H2,(H,22,24,26). The topological polar surface area (TPSA) is 103 Å². The van der Waals surface area contributed by atoms with E-state index < -0.39 is 18.5 Å². The molecule has 4 rings (SSSR count). The largest absolute Gasteiger partial charge is 0.452 e. The van der Waals surface area contributed by atoms with Crippen molar-refractivity contribution in [3.63, 3.8) is 0 Å². The third-order valence-corrected chi connectivity index (χ3v) is 4.95. The van der Waals surface area contributed by atoms with Gasteiger partial charge in [0.05, 0.1) is 26.5 Å². The number of anilines is 1. The molecule has 0 fully saturated rings. The molecule has 148 valence electrons. The Morgan fingerprint density at radius 1 is 1.24 bits per heavy atom. The molecule has 8 nitrogen and oxygen atoms in total. The summed E-state index contributed by atoms with van der Waals surface area (Å²) in [5, 5.41) is 3.37. The number of esters is 1. The van der Waals surface area contributed by atoms with Gasteiger partial charge in [-0.15, -0.1) is 0 Å². The number of pyridine rings is 1. The van der Waals surface area contributed by atoms with Gasteiger partial charge in [0.25, 0.3) is 11.5 Å². The van der Waals surface area contributed by atoms with Crippen molar-refractivity contribution in [2.45, 2.75) is 19.4 Å². The normalized spacial score (nSPS) is 12.6. The molecule has 0 radical (unpaired) electrons. The number of aryl methyl sites for hydroxylation is 1. The number of rotatable bonds is 4. The molecule has 0 saturated carbocycles. The molecule has 10 heteroatoms. The van der Waals surface area contributed by atoms with Gasteiger partial charge >= 0.3 is 5.97 Å². The zero-order valence-corrected chi connectivity index (χ0v) is 16.5. The molecule has 0 bridgehead atoms. The predicted molar refractivity (Wildman–Crippen MR) is 107 cm³/mol. The molecule has 1 aromatic carbocycles. The summed E-state index contributed by atoms with van der Waals surface area (Å²) in [6.07, 6.45) is 2.92. The Labute approximate surface area is 174 Å². The highest BCUT2D eigenvalue weighted by Crippen LogP contribution is 2.22. The number of benzene rings is 1. The fourth-order valence-electron chi connectivity index (χ4n) is 3.10. The molecular formula is C19H14Cl2N4O4. The summed E-state index contributed by atoms with van der Waals surface area (Å²) in [6, 6.07) is 5.95. The monoisotopic (exact) mass is 432 g/mol. The lowest BCUT2D eigenvalue weighted by atomic mass is 10.1. The second-order valence-corrected chi connectivity index (χ2v) is 7.27. The van der Waals surface area contributed by atoms with E-state index in [4.69, 9.17) is 27.9 Å². The zero-order valence-electron chi connectivity index (χ0n) is 14.9. The summed E-state index contributed by atoms with van der Waals surface area (Å²) in [4.78, 5) is 45.1. The van der Waals surface area contributed by atoms with Gasteiger partial charge in [0.2, 0.25) is 0 Å². The van der Waals surface area contributed by atoms with Crippen LogP contribution in [-0.4, -0.2) is 33.0 Å². The number of fused-ring (bicyclic) bond motifs is 2. The van der Waals surface area contributed by atoms with Gasteiger partial charge in [-0.2, -0.15) is 0 Å². The van der Waals surface area contributed by atoms with Crippen LogP contribution in [-0.2, 0) is 22.5 Å². The Hall–Kier alpha value is -2.97. The summed E-state index contributed by atoms with van der Waals surface area (Å²) < 4.78 is 6.69. The van der Waals surface area contributed by atoms with Crippen molar-refractivity contribution in [3.05, 3.63) is 62.2 Å². The molecule has 1 aliphatic rings. The second-order valence-electron chi connectivity index (χ2n) is 6.43. The third-order valence-electron chi connectivity index (χ3n) is 4.45. The van der Waals surface area contributed by atoms with Gasteiger partial charge in [-0.1, -0.05) is 23.2 Å². The molecule has 1 N–H and O–H groups in total. The van der Waals surface area contributed by atoms with Gasteiger partial charge in [-0.05, 0) is 30.7 Å². The predicted octanol–water partition coefficient (Wildman–Crippen LogP) is 2.84. The van der Waals surface area contributed by atoms with Crippen LogP contribution < -0.4 is 10.9 Å². The summed E-state index contributed by atoms with van der Waals surface area (Å²) in [5.74, 6) is -0.495. The molecule has 0 spiro atoms. The maximum absolute atomic E-state index is 12.5. The second kappa shape index (κ2) is 7.81. The molecule has 2 aromatic heterocycles. The number of hydrogen-bond acceptors (Lipinski definition) is 6. The first kappa shape index (κ1) is 19.4. The molecule has 0 unspecified atom stereocenters. The lowest BCUT2D eigenvalue weighted by Crippen LogP contribution is -2.22. The highest BCUT2D eigenvalue weighted by Gasteiger charge is 2.18. The Balaban J connectivity index is 1.45. The summed E-state index contributed by atoms with van der Waals surface area (Å²) >= 11 is 11.7. The number of halogens is 2. The van der Waals surface area contributed by atoms with Crippen molar-refractivity contribution < 1.29 is 14.3 Å². The van der Waals surface area contributed by atoms with Crippen LogP contribution in [0.25, 0.3) is 10.9 Å². The lowest BCUT2D eigenvalue weighted by Gasteiger charge is -2.08. The Morgan fingerprint density at radius 3 is 2.86 bits per heavy atom. The smallest absolute Gasteiger partial charge is 0.338 e. The number of aromatic nitrogens is 3. The van der Waals surface area contributed by atoms with Crippen molar-refractivity contribution >= 4 is 51.8 Å². The maximum Gasteiger partial charge on any atom is 0.338 e. The van der Waals surface area contributed by atoms with E-state index in [2.05, 4.69) is 15.3 Å². The van der Waals surface area contributed by atoms with Crippen LogP contribution in [0.15, 0.2) is 35.3 Å². The average molecular weight is 433 g/mol. The Kier molecular flexibility index (Phi) is 5.21. The fraction of sp³-hybridized carbons (Fsp3) is 0.211. The molecule has 1 amide bonds. The minimum atomic E-state index is -0.709. The van der Waals surface area contributed by atoms with Gasteiger partial charge in [-0.3, -0.25) is 14.2 Å². The minimum Gasteiger partial charge on any atom is -0.452 e. The van der Waals surface area contributed by atoms with Gasteiger partial charge in [0.1, 0.15) is 5.82 Å². The van der Waals surface area contributed by atoms with Crippen molar-refractivity contribution in [1.29, 1.82) is 0 Å². The van der Waals surface area contributed by atoms with E-state index >= 15 is 0 Å². The van der Waals surface area contributed by atoms with E-state index in [0.717, 1.165) is 12.8 Å². The van der Waals surface area contributed by atoms with Crippen LogP contribution >= 0.6 is 23.2 Å². The number of carbonyl (C=O) groups excluding carboxylic acids is 2. The van der Waals surface area contributed by atoms with Gasteiger partial charge < -0.3 is 10.1 Å². The number of ether oxygens (including phenoxy) is 1. The van der Waals surface area contributed by atoms with E-state index in [1.54, 1.807) is 10.6 Å². The van der Waals surface area contributed by atoms with Gasteiger partial charge in [-0.25, -0.2) is 14.8 Å². The maximum atomic E-state index is 12.5. The quantitative estimate of drug-likeness (QED) is 0.635. The minimum absolute atomic E-state index is 0.112. The van der Waals surface area contributed by atoms with E-state index in [1.807, 2.05) is 0 Å². The number of nitrogens with one attached hydrogen (secondary N) is 1. The van der Waals surface area contributed by atoms with Gasteiger partial charge in [0.15, 0.2) is 12.4 Å². The van der Waals surface area contributed by atoms with Crippen LogP contribution in [0.5, 0.6) is 0 Å². The average Bonchev–Trinajstić information content (AvgIpc) is 3.17. The first-order valence-corrected chi connectivity index (χ1v) is 9.49. The summed E-state index contributed by atoms with van der Waals surface area (Å²) in [7, 11) is 0. The van der Waals surface area contributed by atoms with E-state index in [9.17, 15) is 14.4 Å². The van der Waals surface area contributed by atoms with E-state index in [-0.39, 0.29) is 22.0 Å². The molecule has 3 heterocycles. The summed E-state index contributed by atoms with van der Waals surface area (Å²) in [5.41, 5.74) is 0.510. The number of carbonyl (C=O) groups is 2. The highest BCUT2D eigenvalue weighted by molar-refractivity contribution is 6.36. The molecule has 1 aliphatic heterocycles. The molecule has 3 aromatic rings. The molecule has 0 atom stereocenters. The van der Waals surface area contributed by atoms with Crippen molar-refractivity contribution in [3.8, 4) is 0 Å². The fourth-order valence-corrected chi connectivity index (χ4v) is 3.53. The third kappa shape index (κ3) is 3.94. The molecular weight excluding hydrogens is 419 g/mol. The first-order valence-electron chi connectivity index (χ1n) is 8.74. The number of hydrogen-bond donors (Lipinski definition) is 1. The van der Waals surface area contributed by atoms with Crippen LogP contribution in [0.2, 0.25) is 10.0 Å². The lowest BCUT2D eigenvalue weighted by molar-refractivity contribution is -0.119.